The molecule has 2 aromatic rings. The van der Waals surface area contributed by atoms with Crippen LogP contribution in [0.5, 0.6) is 0 Å². The average molecular weight is 348 g/mol. The molecule has 2 aromatic carbocycles. The molecule has 0 fully saturated rings. The lowest BCUT2D eigenvalue weighted by Crippen LogP contribution is -2.21. The summed E-state index contributed by atoms with van der Waals surface area (Å²) in [6.07, 6.45) is 0. The van der Waals surface area contributed by atoms with Gasteiger partial charge in [0, 0.05) is 17.1 Å². The fourth-order valence-electron chi connectivity index (χ4n) is 1.99. The second-order valence-corrected chi connectivity index (χ2v) is 6.29. The molecule has 21 heavy (non-hydrogen) atoms. The number of benzene rings is 2. The smallest absolute Gasteiger partial charge is 0.0732 e. The normalized spacial score (nSPS) is 11.0. The first-order valence-corrected chi connectivity index (χ1v) is 8.07. The summed E-state index contributed by atoms with van der Waals surface area (Å²) in [4.78, 5) is 0. The van der Waals surface area contributed by atoms with Crippen LogP contribution in [0.1, 0.15) is 30.5 Å². The first-order valence-electron chi connectivity index (χ1n) is 7.27. The number of halogens is 1. The molecule has 0 spiro atoms. The summed E-state index contributed by atoms with van der Waals surface area (Å²) < 4.78 is 6.89. The van der Waals surface area contributed by atoms with E-state index >= 15 is 0 Å². The predicted molar refractivity (Wildman–Crippen MR) is 91.1 cm³/mol. The quantitative estimate of drug-likeness (QED) is 0.786. The first kappa shape index (κ1) is 16.2. The van der Waals surface area contributed by atoms with Gasteiger partial charge >= 0.3 is 0 Å². The predicted octanol–water partition coefficient (Wildman–Crippen LogP) is 4.66. The molecule has 3 heteroatoms. The highest BCUT2D eigenvalue weighted by molar-refractivity contribution is 9.10. The number of ether oxygens (including phenoxy) is 1. The van der Waals surface area contributed by atoms with Crippen LogP contribution in [0.25, 0.3) is 0 Å². The largest absolute Gasteiger partial charge is 0.372 e. The van der Waals surface area contributed by atoms with Crippen LogP contribution in [0.15, 0.2) is 53.0 Å². The molecule has 0 atom stereocenters. The standard InChI is InChI=1S/C18H22BrNO/c1-14(2)20-11-16-8-9-17(18(19)10-16)13-21-12-15-6-4-3-5-7-15/h3-10,14,20H,11-13H2,1-2H3. The van der Waals surface area contributed by atoms with E-state index in [1.807, 2.05) is 18.2 Å². The maximum absolute atomic E-state index is 5.78. The van der Waals surface area contributed by atoms with Gasteiger partial charge in [-0.3, -0.25) is 0 Å². The Labute approximate surface area is 135 Å². The van der Waals surface area contributed by atoms with Crippen LogP contribution < -0.4 is 5.32 Å². The minimum absolute atomic E-state index is 0.498. The molecule has 0 aromatic heterocycles. The zero-order chi connectivity index (χ0) is 15.1. The fourth-order valence-corrected chi connectivity index (χ4v) is 2.53. The minimum atomic E-state index is 0.498. The Hall–Kier alpha value is -1.16. The lowest BCUT2D eigenvalue weighted by Gasteiger charge is -2.11. The average Bonchev–Trinajstić information content (AvgIpc) is 2.48. The highest BCUT2D eigenvalue weighted by Gasteiger charge is 2.03. The molecular formula is C18H22BrNO. The number of rotatable bonds is 7. The monoisotopic (exact) mass is 347 g/mol. The summed E-state index contributed by atoms with van der Waals surface area (Å²) in [5, 5.41) is 3.42. The van der Waals surface area contributed by atoms with Gasteiger partial charge in [0.2, 0.25) is 0 Å². The van der Waals surface area contributed by atoms with Crippen molar-refractivity contribution in [3.8, 4) is 0 Å². The van der Waals surface area contributed by atoms with E-state index < -0.39 is 0 Å². The molecule has 0 radical (unpaired) electrons. The minimum Gasteiger partial charge on any atom is -0.372 e. The van der Waals surface area contributed by atoms with Gasteiger partial charge in [0.05, 0.1) is 13.2 Å². The lowest BCUT2D eigenvalue weighted by atomic mass is 10.1. The molecular weight excluding hydrogens is 326 g/mol. The Morgan fingerprint density at radius 2 is 1.76 bits per heavy atom. The van der Waals surface area contributed by atoms with Gasteiger partial charge in [-0.2, -0.15) is 0 Å². The Balaban J connectivity index is 1.86. The summed E-state index contributed by atoms with van der Waals surface area (Å²) in [7, 11) is 0. The van der Waals surface area contributed by atoms with E-state index in [2.05, 4.69) is 65.4 Å². The SMILES string of the molecule is CC(C)NCc1ccc(COCc2ccccc2)c(Br)c1. The molecule has 0 heterocycles. The first-order chi connectivity index (χ1) is 10.1. The van der Waals surface area contributed by atoms with E-state index in [1.54, 1.807) is 0 Å². The van der Waals surface area contributed by atoms with E-state index in [4.69, 9.17) is 4.74 Å². The summed E-state index contributed by atoms with van der Waals surface area (Å²) in [6.45, 7) is 6.46. The zero-order valence-electron chi connectivity index (χ0n) is 12.6. The van der Waals surface area contributed by atoms with Crippen molar-refractivity contribution in [2.24, 2.45) is 0 Å². The Morgan fingerprint density at radius 3 is 2.43 bits per heavy atom. The maximum Gasteiger partial charge on any atom is 0.0732 e. The van der Waals surface area contributed by atoms with Crippen LogP contribution in [0.3, 0.4) is 0 Å². The van der Waals surface area contributed by atoms with Gasteiger partial charge < -0.3 is 10.1 Å². The summed E-state index contributed by atoms with van der Waals surface area (Å²) >= 11 is 3.63. The van der Waals surface area contributed by atoms with E-state index in [1.165, 1.54) is 16.7 Å². The topological polar surface area (TPSA) is 21.3 Å². The molecule has 0 bridgehead atoms. The number of hydrogen-bond acceptors (Lipinski definition) is 2. The molecule has 1 N–H and O–H groups in total. The highest BCUT2D eigenvalue weighted by Crippen LogP contribution is 2.20. The molecule has 2 rings (SSSR count). The van der Waals surface area contributed by atoms with Crippen molar-refractivity contribution in [3.05, 3.63) is 69.7 Å². The van der Waals surface area contributed by atoms with Crippen molar-refractivity contribution < 1.29 is 4.74 Å². The van der Waals surface area contributed by atoms with Gasteiger partial charge in [0.1, 0.15) is 0 Å². The van der Waals surface area contributed by atoms with Gasteiger partial charge in [-0.25, -0.2) is 0 Å². The second kappa shape index (κ2) is 8.32. The zero-order valence-corrected chi connectivity index (χ0v) is 14.2. The van der Waals surface area contributed by atoms with E-state index in [-0.39, 0.29) is 0 Å². The molecule has 0 aliphatic rings. The highest BCUT2D eigenvalue weighted by atomic mass is 79.9. The third kappa shape index (κ3) is 5.62. The van der Waals surface area contributed by atoms with Crippen molar-refractivity contribution in [3.63, 3.8) is 0 Å². The molecule has 0 aliphatic carbocycles. The molecule has 0 unspecified atom stereocenters. The van der Waals surface area contributed by atoms with Gasteiger partial charge in [-0.05, 0) is 22.8 Å². The van der Waals surface area contributed by atoms with E-state index in [0.717, 1.165) is 11.0 Å². The van der Waals surface area contributed by atoms with Crippen molar-refractivity contribution in [2.45, 2.75) is 39.6 Å². The second-order valence-electron chi connectivity index (χ2n) is 5.44. The summed E-state index contributed by atoms with van der Waals surface area (Å²) in [5.41, 5.74) is 3.66. The molecule has 0 saturated heterocycles. The van der Waals surface area contributed by atoms with Gasteiger partial charge in [-0.15, -0.1) is 0 Å². The van der Waals surface area contributed by atoms with Gasteiger partial charge in [0.15, 0.2) is 0 Å². The van der Waals surface area contributed by atoms with Gasteiger partial charge in [0.25, 0.3) is 0 Å². The maximum atomic E-state index is 5.78. The van der Waals surface area contributed by atoms with Crippen LogP contribution in [0, 0.1) is 0 Å². The Morgan fingerprint density at radius 1 is 1.00 bits per heavy atom. The Bertz CT molecular complexity index is 554. The van der Waals surface area contributed by atoms with Crippen LogP contribution >= 0.6 is 15.9 Å². The van der Waals surface area contributed by atoms with Crippen molar-refractivity contribution >= 4 is 15.9 Å². The Kier molecular flexibility index (Phi) is 6.43. The van der Waals surface area contributed by atoms with Crippen LogP contribution in [-0.4, -0.2) is 6.04 Å². The van der Waals surface area contributed by atoms with Crippen LogP contribution in [0.2, 0.25) is 0 Å². The molecule has 0 amide bonds. The molecule has 112 valence electrons. The number of hydrogen-bond donors (Lipinski definition) is 1. The third-order valence-corrected chi connectivity index (χ3v) is 3.94. The molecule has 2 nitrogen and oxygen atoms in total. The van der Waals surface area contributed by atoms with Crippen LogP contribution in [0.4, 0.5) is 0 Å². The molecule has 0 aliphatic heterocycles. The van der Waals surface area contributed by atoms with Crippen molar-refractivity contribution in [1.82, 2.24) is 5.32 Å². The van der Waals surface area contributed by atoms with E-state index in [9.17, 15) is 0 Å². The molecule has 0 saturated carbocycles. The van der Waals surface area contributed by atoms with E-state index in [0.29, 0.717) is 19.3 Å². The summed E-state index contributed by atoms with van der Waals surface area (Å²) in [5.74, 6) is 0. The third-order valence-electron chi connectivity index (χ3n) is 3.20. The fraction of sp³-hybridized carbons (Fsp3) is 0.333. The van der Waals surface area contributed by atoms with Crippen molar-refractivity contribution in [2.75, 3.05) is 0 Å². The lowest BCUT2D eigenvalue weighted by molar-refractivity contribution is 0.107. The van der Waals surface area contributed by atoms with Crippen molar-refractivity contribution in [1.29, 1.82) is 0 Å². The number of nitrogens with one attached hydrogen (secondary N) is 1. The summed E-state index contributed by atoms with van der Waals surface area (Å²) in [6, 6.07) is 17.2. The van der Waals surface area contributed by atoms with Crippen LogP contribution in [-0.2, 0) is 24.5 Å². The van der Waals surface area contributed by atoms with Gasteiger partial charge in [-0.1, -0.05) is 72.2 Å².